The molecule has 4 rings (SSSR count). The Balaban J connectivity index is 0.00000342. The second-order valence-electron chi connectivity index (χ2n) is 8.44. The van der Waals surface area contributed by atoms with E-state index < -0.39 is 6.04 Å². The summed E-state index contributed by atoms with van der Waals surface area (Å²) in [6.07, 6.45) is 3.17. The fraction of sp³-hybridized carbons (Fsp3) is 0.250. The molecule has 0 aliphatic heterocycles. The number of fused-ring (bicyclic) bond motifs is 1. The smallest absolute Gasteiger partial charge is 0.255 e. The Morgan fingerprint density at radius 1 is 1.15 bits per heavy atom. The summed E-state index contributed by atoms with van der Waals surface area (Å²) in [6, 6.07) is 17.7. The summed E-state index contributed by atoms with van der Waals surface area (Å²) in [5, 5.41) is 14.0. The molecular formula is C28H31FN2O3. The van der Waals surface area contributed by atoms with Gasteiger partial charge in [-0.1, -0.05) is 43.3 Å². The molecule has 0 spiro atoms. The van der Waals surface area contributed by atoms with E-state index in [2.05, 4.69) is 10.3 Å². The molecule has 0 bridgehead atoms. The van der Waals surface area contributed by atoms with Crippen LogP contribution in [0.25, 0.3) is 22.0 Å². The molecule has 0 saturated heterocycles. The molecule has 0 aliphatic carbocycles. The van der Waals surface area contributed by atoms with Gasteiger partial charge in [0.2, 0.25) is 0 Å². The average molecular weight is 463 g/mol. The molecule has 0 saturated carbocycles. The maximum absolute atomic E-state index is 14.1. The predicted molar refractivity (Wildman–Crippen MR) is 135 cm³/mol. The number of nitrogens with one attached hydrogen (secondary N) is 2. The van der Waals surface area contributed by atoms with E-state index >= 15 is 0 Å². The molecule has 1 amide bonds. The first-order valence-corrected chi connectivity index (χ1v) is 11.5. The third-order valence-electron chi connectivity index (χ3n) is 5.89. The van der Waals surface area contributed by atoms with Gasteiger partial charge < -0.3 is 20.1 Å². The first-order valence-electron chi connectivity index (χ1n) is 11.5. The molecule has 1 atom stereocenters. The van der Waals surface area contributed by atoms with Crippen molar-refractivity contribution in [3.8, 4) is 16.9 Å². The number of hydrogen-bond acceptors (Lipinski definition) is 3. The number of amides is 1. The van der Waals surface area contributed by atoms with E-state index in [1.54, 1.807) is 25.1 Å². The fourth-order valence-corrected chi connectivity index (χ4v) is 3.99. The minimum absolute atomic E-state index is 0. The van der Waals surface area contributed by atoms with Crippen LogP contribution in [0.3, 0.4) is 0 Å². The van der Waals surface area contributed by atoms with E-state index in [-0.39, 0.29) is 19.8 Å². The molecule has 5 nitrogen and oxygen atoms in total. The van der Waals surface area contributed by atoms with Crippen LogP contribution in [0, 0.1) is 12.7 Å². The molecule has 0 unspecified atom stereocenters. The highest BCUT2D eigenvalue weighted by Gasteiger charge is 2.20. The van der Waals surface area contributed by atoms with Gasteiger partial charge in [0.1, 0.15) is 11.6 Å². The summed E-state index contributed by atoms with van der Waals surface area (Å²) in [7, 11) is 0. The summed E-state index contributed by atoms with van der Waals surface area (Å²) < 4.78 is 20.0. The van der Waals surface area contributed by atoms with Crippen molar-refractivity contribution in [2.24, 2.45) is 0 Å². The number of halogens is 1. The number of para-hydroxylation sites is 1. The second kappa shape index (κ2) is 10.5. The lowest BCUT2D eigenvalue weighted by molar-refractivity contribution is 0.0912. The largest absolute Gasteiger partial charge is 0.493 e. The van der Waals surface area contributed by atoms with Gasteiger partial charge in [0.15, 0.2) is 0 Å². The maximum Gasteiger partial charge on any atom is 0.255 e. The maximum atomic E-state index is 14.1. The van der Waals surface area contributed by atoms with Crippen LogP contribution in [0.4, 0.5) is 4.39 Å². The van der Waals surface area contributed by atoms with E-state index in [4.69, 9.17) is 4.74 Å². The van der Waals surface area contributed by atoms with E-state index in [1.807, 2.05) is 49.5 Å². The Morgan fingerprint density at radius 3 is 2.68 bits per heavy atom. The van der Waals surface area contributed by atoms with Gasteiger partial charge in [-0.25, -0.2) is 4.39 Å². The molecule has 0 aliphatic rings. The quantitative estimate of drug-likeness (QED) is 0.301. The van der Waals surface area contributed by atoms with Crippen molar-refractivity contribution in [3.05, 3.63) is 89.4 Å². The standard InChI is InChI=1S/C28H29FN2O3.H2/c1-3-12-34-27-11-10-19(20-9-8-18(2)25(29)15-20)14-24(27)28(33)31-22(17-32)13-21-16-30-26-7-5-4-6-23(21)26;/h4-11,14-16,22,30,32H,3,12-13,17H2,1-2H3,(H,31,33);1H/t22-;/m0./s1. The zero-order valence-electron chi connectivity index (χ0n) is 19.4. The average Bonchev–Trinajstić information content (AvgIpc) is 3.26. The molecule has 3 aromatic carbocycles. The van der Waals surface area contributed by atoms with Gasteiger partial charge in [-0.2, -0.15) is 0 Å². The Kier molecular flexibility index (Phi) is 7.28. The molecule has 6 heteroatoms. The molecule has 1 aromatic heterocycles. The van der Waals surface area contributed by atoms with Crippen molar-refractivity contribution in [2.75, 3.05) is 13.2 Å². The normalized spacial score (nSPS) is 12.0. The van der Waals surface area contributed by atoms with Crippen LogP contribution in [0.5, 0.6) is 5.75 Å². The van der Waals surface area contributed by atoms with E-state index in [9.17, 15) is 14.3 Å². The highest BCUT2D eigenvalue weighted by atomic mass is 19.1. The number of aliphatic hydroxyl groups is 1. The van der Waals surface area contributed by atoms with Gasteiger partial charge >= 0.3 is 0 Å². The van der Waals surface area contributed by atoms with Gasteiger partial charge in [0.25, 0.3) is 5.91 Å². The van der Waals surface area contributed by atoms with E-state index in [0.717, 1.165) is 22.9 Å². The van der Waals surface area contributed by atoms with Crippen molar-refractivity contribution in [1.29, 1.82) is 0 Å². The lowest BCUT2D eigenvalue weighted by Crippen LogP contribution is -2.39. The number of benzene rings is 3. The summed E-state index contributed by atoms with van der Waals surface area (Å²) in [5.41, 5.74) is 4.33. The third-order valence-corrected chi connectivity index (χ3v) is 5.89. The topological polar surface area (TPSA) is 74.3 Å². The Morgan fingerprint density at radius 2 is 1.91 bits per heavy atom. The van der Waals surface area contributed by atoms with Gasteiger partial charge in [-0.15, -0.1) is 0 Å². The molecule has 0 radical (unpaired) electrons. The van der Waals surface area contributed by atoms with Gasteiger partial charge in [-0.05, 0) is 66.3 Å². The zero-order valence-corrected chi connectivity index (χ0v) is 19.4. The van der Waals surface area contributed by atoms with Crippen molar-refractivity contribution in [2.45, 2.75) is 32.7 Å². The fourth-order valence-electron chi connectivity index (χ4n) is 3.99. The predicted octanol–water partition coefficient (Wildman–Crippen LogP) is 5.65. The molecule has 178 valence electrons. The second-order valence-corrected chi connectivity index (χ2v) is 8.44. The Labute approximate surface area is 200 Å². The van der Waals surface area contributed by atoms with Crippen molar-refractivity contribution in [3.63, 3.8) is 0 Å². The van der Waals surface area contributed by atoms with Crippen LogP contribution in [0.15, 0.2) is 66.9 Å². The van der Waals surface area contributed by atoms with Gasteiger partial charge in [0.05, 0.1) is 24.8 Å². The summed E-state index contributed by atoms with van der Waals surface area (Å²) in [5.74, 6) is -0.187. The Bertz CT molecular complexity index is 1300. The minimum atomic E-state index is -0.480. The number of rotatable bonds is 9. The highest BCUT2D eigenvalue weighted by molar-refractivity contribution is 5.98. The summed E-state index contributed by atoms with van der Waals surface area (Å²) in [4.78, 5) is 16.5. The number of carbonyl (C=O) groups is 1. The summed E-state index contributed by atoms with van der Waals surface area (Å²) in [6.45, 7) is 3.96. The van der Waals surface area contributed by atoms with Gasteiger partial charge in [-0.3, -0.25) is 4.79 Å². The first kappa shape index (κ1) is 23.5. The van der Waals surface area contributed by atoms with Crippen LogP contribution in [0.1, 0.15) is 36.3 Å². The number of carbonyl (C=O) groups excluding carboxylic acids is 1. The number of ether oxygens (including phenoxy) is 1. The molecule has 34 heavy (non-hydrogen) atoms. The monoisotopic (exact) mass is 462 g/mol. The molecule has 3 N–H and O–H groups in total. The lowest BCUT2D eigenvalue weighted by atomic mass is 10.00. The van der Waals surface area contributed by atoms with Crippen LogP contribution >= 0.6 is 0 Å². The van der Waals surface area contributed by atoms with Crippen molar-refractivity contribution < 1.29 is 20.5 Å². The highest BCUT2D eigenvalue weighted by Crippen LogP contribution is 2.28. The van der Waals surface area contributed by atoms with Crippen LogP contribution < -0.4 is 10.1 Å². The van der Waals surface area contributed by atoms with E-state index in [0.29, 0.717) is 41.0 Å². The van der Waals surface area contributed by atoms with Crippen LogP contribution in [-0.2, 0) is 6.42 Å². The molecular weight excluding hydrogens is 431 g/mol. The van der Waals surface area contributed by atoms with Crippen molar-refractivity contribution in [1.82, 2.24) is 10.3 Å². The minimum Gasteiger partial charge on any atom is -0.493 e. The number of H-pyrrole nitrogens is 1. The molecule has 4 aromatic rings. The molecule has 1 heterocycles. The number of aromatic nitrogens is 1. The zero-order chi connectivity index (χ0) is 24.1. The Hall–Kier alpha value is -3.64. The summed E-state index contributed by atoms with van der Waals surface area (Å²) >= 11 is 0. The molecule has 0 fully saturated rings. The van der Waals surface area contributed by atoms with Gasteiger partial charge in [0, 0.05) is 18.5 Å². The number of aryl methyl sites for hydroxylation is 1. The number of aromatic amines is 1. The lowest BCUT2D eigenvalue weighted by Gasteiger charge is -2.18. The number of hydrogen-bond donors (Lipinski definition) is 3. The van der Waals surface area contributed by atoms with Crippen molar-refractivity contribution >= 4 is 16.8 Å². The van der Waals surface area contributed by atoms with Crippen LogP contribution in [-0.4, -0.2) is 35.3 Å². The first-order chi connectivity index (χ1) is 16.5. The third kappa shape index (κ3) is 5.13. The number of aliphatic hydroxyl groups excluding tert-OH is 1. The van der Waals surface area contributed by atoms with Crippen LogP contribution in [0.2, 0.25) is 0 Å². The SMILES string of the molecule is CCCOc1ccc(-c2ccc(C)c(F)c2)cc1C(=O)N[C@H](CO)Cc1c[nH]c2ccccc12.[HH]. The van der Waals surface area contributed by atoms with E-state index in [1.165, 1.54) is 6.07 Å².